The minimum Gasteiger partial charge on any atom is -0.491 e. The lowest BCUT2D eigenvalue weighted by Crippen LogP contribution is -2.04. The predicted octanol–water partition coefficient (Wildman–Crippen LogP) is 24.5. The van der Waals surface area contributed by atoms with Crippen LogP contribution in [0, 0.1) is 0 Å². The van der Waals surface area contributed by atoms with Crippen molar-refractivity contribution in [3.63, 3.8) is 0 Å². The van der Waals surface area contributed by atoms with Crippen LogP contribution in [0.25, 0.3) is 152 Å². The Hall–Kier alpha value is -7.50. The molecule has 0 spiro atoms. The van der Waals surface area contributed by atoms with E-state index in [1.165, 1.54) is 291 Å². The minimum absolute atomic E-state index is 0.514. The van der Waals surface area contributed by atoms with Crippen LogP contribution in [0.1, 0.15) is 153 Å². The second-order valence-corrected chi connectivity index (χ2v) is 26.3. The highest BCUT2D eigenvalue weighted by molar-refractivity contribution is 6.61. The lowest BCUT2D eigenvalue weighted by Gasteiger charge is -2.30. The Bertz CT molecular complexity index is 4530. The van der Waals surface area contributed by atoms with Gasteiger partial charge in [-0.3, -0.25) is 0 Å². The van der Waals surface area contributed by atoms with Crippen LogP contribution in [0.4, 0.5) is 0 Å². The van der Waals surface area contributed by atoms with E-state index in [9.17, 15) is 0 Å². The minimum atomic E-state index is 0.514. The average molecular weight is 1160 g/mol. The maximum absolute atomic E-state index is 6.14. The number of hydrogen-bond donors (Lipinski definition) is 0. The molecule has 15 aromatic rings. The summed E-state index contributed by atoms with van der Waals surface area (Å²) in [6.07, 6.45) is 29.1. The van der Waals surface area contributed by atoms with E-state index < -0.39 is 0 Å². The fourth-order valence-electron chi connectivity index (χ4n) is 16.5. The summed E-state index contributed by atoms with van der Waals surface area (Å²) >= 11 is 0. The van der Waals surface area contributed by atoms with E-state index in [2.05, 4.69) is 147 Å². The Balaban J connectivity index is 0.987. The van der Waals surface area contributed by atoms with E-state index in [-0.39, 0.29) is 0 Å². The third-order valence-electron chi connectivity index (χ3n) is 20.7. The van der Waals surface area contributed by atoms with Gasteiger partial charge in [-0.2, -0.15) is 0 Å². The molecule has 446 valence electrons. The Morgan fingerprint density at radius 2 is 0.500 bits per heavy atom. The van der Waals surface area contributed by atoms with Crippen LogP contribution in [0.2, 0.25) is 0 Å². The normalized spacial score (nSPS) is 12.7. The molecule has 15 rings (SSSR count). The topological polar surface area (TPSA) is 36.9 Å². The van der Waals surface area contributed by atoms with Crippen molar-refractivity contribution in [3.05, 3.63) is 145 Å². The third kappa shape index (κ3) is 9.88. The Kier molecular flexibility index (Phi) is 16.1. The van der Waals surface area contributed by atoms with Crippen LogP contribution in [0.15, 0.2) is 133 Å². The number of unbranched alkanes of at least 4 members (excludes halogenated alkanes) is 18. The van der Waals surface area contributed by atoms with Gasteiger partial charge < -0.3 is 18.9 Å². The van der Waals surface area contributed by atoms with E-state index in [0.29, 0.717) is 26.4 Å². The fraction of sp³-hybridized carbons (Fsp3) is 0.357. The van der Waals surface area contributed by atoms with E-state index >= 15 is 0 Å². The Labute approximate surface area is 519 Å². The summed E-state index contributed by atoms with van der Waals surface area (Å²) in [7, 11) is 3.45. The Morgan fingerprint density at radius 1 is 0.239 bits per heavy atom. The van der Waals surface area contributed by atoms with E-state index in [0.717, 1.165) is 24.3 Å². The molecule has 0 saturated heterocycles. The quantitative estimate of drug-likeness (QED) is 0.0239. The van der Waals surface area contributed by atoms with Crippen LogP contribution in [0.5, 0.6) is 11.5 Å². The zero-order chi connectivity index (χ0) is 59.2. The van der Waals surface area contributed by atoms with E-state index in [1.807, 2.05) is 0 Å². The molecule has 0 aliphatic carbocycles. The molecule has 0 N–H and O–H groups in total. The molecule has 0 saturated carbocycles. The molecule has 4 heteroatoms. The molecule has 0 amide bonds. The van der Waals surface area contributed by atoms with Gasteiger partial charge in [0, 0.05) is 14.2 Å². The SMILES string of the molecule is CCCCCCCCCCCCc1cc2c3cccc4c5cc(-c6ccc(OCCOC)cc6)cc6c7cc(-c8ccc(OCCOC)cc8)cc8c9cccc%10c%11cc(CCCCCCCCCCCC)cc%12c(c1)c2c1c(c34)c(c56)c(c87)c(c%109)c1c%11%12. The standard InChI is InChI=1S/C84H86O4/c1-5-7-9-11-13-15-17-19-21-23-27-53-45-65-61-29-25-31-63-69-49-57(55-33-37-59(38-34-55)87-43-41-85-3)51-71-72-52-58(56-35-39-60(40-36-56)88-44-42-86-4)50-70-64-32-26-30-62-66-46-54(28-24-22-20-18-16-14-12-10-8-6-2)48-68-67(47-53)75(65)81-79(73(61)63)83(77(69)71)84(78(70)72)80(74(62)64)82(81)76(66)68/h25-26,29-40,45-52H,5-24,27-28,41-44H2,1-4H3. The second-order valence-electron chi connectivity index (χ2n) is 26.3. The zero-order valence-electron chi connectivity index (χ0n) is 52.7. The van der Waals surface area contributed by atoms with Gasteiger partial charge in [0.15, 0.2) is 0 Å². The maximum atomic E-state index is 6.14. The molecule has 0 heterocycles. The van der Waals surface area contributed by atoms with Crippen LogP contribution in [-0.4, -0.2) is 40.6 Å². The van der Waals surface area contributed by atoms with Gasteiger partial charge in [-0.05, 0) is 237 Å². The van der Waals surface area contributed by atoms with Crippen molar-refractivity contribution in [2.45, 2.75) is 155 Å². The summed E-state index contributed by atoms with van der Waals surface area (Å²) in [4.78, 5) is 0. The summed E-state index contributed by atoms with van der Waals surface area (Å²) in [6, 6.07) is 52.9. The molecule has 15 aromatic carbocycles. The number of ether oxygens (including phenoxy) is 4. The van der Waals surface area contributed by atoms with Crippen molar-refractivity contribution in [2.24, 2.45) is 0 Å². The van der Waals surface area contributed by atoms with Crippen molar-refractivity contribution >= 4 is 129 Å². The third-order valence-corrected chi connectivity index (χ3v) is 20.7. The largest absolute Gasteiger partial charge is 0.491 e. The Morgan fingerprint density at radius 3 is 0.807 bits per heavy atom. The molecule has 0 radical (unpaired) electrons. The van der Waals surface area contributed by atoms with E-state index in [1.54, 1.807) is 14.2 Å². The maximum Gasteiger partial charge on any atom is 0.119 e. The lowest BCUT2D eigenvalue weighted by atomic mass is 9.72. The molecule has 88 heavy (non-hydrogen) atoms. The van der Waals surface area contributed by atoms with Gasteiger partial charge in [0.25, 0.3) is 0 Å². The van der Waals surface area contributed by atoms with Crippen molar-refractivity contribution in [1.82, 2.24) is 0 Å². The van der Waals surface area contributed by atoms with Crippen molar-refractivity contribution in [1.29, 1.82) is 0 Å². The van der Waals surface area contributed by atoms with Gasteiger partial charge in [0.1, 0.15) is 24.7 Å². The fourth-order valence-corrected chi connectivity index (χ4v) is 16.5. The molecule has 4 nitrogen and oxygen atoms in total. The second kappa shape index (κ2) is 24.8. The molecule has 0 aromatic heterocycles. The molecular formula is C84H86O4. The lowest BCUT2D eigenvalue weighted by molar-refractivity contribution is 0.146. The molecule has 0 aliphatic rings. The highest BCUT2D eigenvalue weighted by atomic mass is 16.5. The number of benzene rings is 15. The molecule has 0 unspecified atom stereocenters. The first kappa shape index (κ1) is 57.0. The summed E-state index contributed by atoms with van der Waals surface area (Å²) < 4.78 is 23.0. The average Bonchev–Trinajstić information content (AvgIpc) is 0.646. The number of methoxy groups -OCH3 is 2. The van der Waals surface area contributed by atoms with Crippen LogP contribution in [0.3, 0.4) is 0 Å². The van der Waals surface area contributed by atoms with Gasteiger partial charge in [-0.15, -0.1) is 0 Å². The monoisotopic (exact) mass is 1160 g/mol. The molecule has 0 aliphatic heterocycles. The molecule has 0 atom stereocenters. The van der Waals surface area contributed by atoms with Gasteiger partial charge in [0.2, 0.25) is 0 Å². The highest BCUT2D eigenvalue weighted by Gasteiger charge is 2.32. The summed E-state index contributed by atoms with van der Waals surface area (Å²) in [5.74, 6) is 1.70. The van der Waals surface area contributed by atoms with Gasteiger partial charge in [-0.25, -0.2) is 0 Å². The molecule has 0 fully saturated rings. The molecular weight excluding hydrogens is 1070 g/mol. The van der Waals surface area contributed by atoms with Crippen LogP contribution >= 0.6 is 0 Å². The summed E-state index contributed by atoms with van der Waals surface area (Å²) in [5.41, 5.74) is 7.74. The van der Waals surface area contributed by atoms with Crippen molar-refractivity contribution in [2.75, 3.05) is 40.6 Å². The van der Waals surface area contributed by atoms with Gasteiger partial charge in [-0.1, -0.05) is 214 Å². The first-order valence-corrected chi connectivity index (χ1v) is 34.3. The van der Waals surface area contributed by atoms with E-state index in [4.69, 9.17) is 18.9 Å². The van der Waals surface area contributed by atoms with Crippen molar-refractivity contribution in [3.8, 4) is 33.8 Å². The molecule has 0 bridgehead atoms. The van der Waals surface area contributed by atoms with Gasteiger partial charge >= 0.3 is 0 Å². The zero-order valence-corrected chi connectivity index (χ0v) is 52.7. The number of fused-ring (bicyclic) bond motifs is 6. The first-order valence-electron chi connectivity index (χ1n) is 34.3. The number of rotatable bonds is 32. The predicted molar refractivity (Wildman–Crippen MR) is 380 cm³/mol. The van der Waals surface area contributed by atoms with Crippen LogP contribution in [-0.2, 0) is 22.3 Å². The van der Waals surface area contributed by atoms with Crippen LogP contribution < -0.4 is 9.47 Å². The summed E-state index contributed by atoms with van der Waals surface area (Å²) in [5, 5.41) is 33.7. The smallest absolute Gasteiger partial charge is 0.119 e. The first-order chi connectivity index (χ1) is 43.6. The number of aryl methyl sites for hydroxylation is 2. The van der Waals surface area contributed by atoms with Gasteiger partial charge in [0.05, 0.1) is 13.2 Å². The highest BCUT2D eigenvalue weighted by Crippen LogP contribution is 2.61. The summed E-state index contributed by atoms with van der Waals surface area (Å²) in [6.45, 7) is 6.76. The number of hydrogen-bond acceptors (Lipinski definition) is 4. The van der Waals surface area contributed by atoms with Crippen molar-refractivity contribution < 1.29 is 18.9 Å².